The molecule has 0 aromatic heterocycles. The molecular formula is C6H10Mg. The quantitative estimate of drug-likeness (QED) is 0.408. The first-order valence-electron chi connectivity index (χ1n) is 3.06. The van der Waals surface area contributed by atoms with Gasteiger partial charge in [-0.1, -0.05) is 0 Å². The fraction of sp³-hybridized carbons (Fsp3) is 0.833. The SMILES string of the molecule is [Mg]=[C]1CCCCC1. The Morgan fingerprint density at radius 3 is 1.86 bits per heavy atom. The van der Waals surface area contributed by atoms with Crippen LogP contribution in [0.5, 0.6) is 0 Å². The van der Waals surface area contributed by atoms with Gasteiger partial charge in [0.1, 0.15) is 0 Å². The average Bonchev–Trinajstić information content (AvgIpc) is 1.69. The Morgan fingerprint density at radius 1 is 1.00 bits per heavy atom. The van der Waals surface area contributed by atoms with Gasteiger partial charge in [0.2, 0.25) is 0 Å². The molecule has 0 heterocycles. The topological polar surface area (TPSA) is 0 Å². The van der Waals surface area contributed by atoms with E-state index in [2.05, 4.69) is 21.2 Å². The van der Waals surface area contributed by atoms with Gasteiger partial charge in [-0.15, -0.1) is 0 Å². The van der Waals surface area contributed by atoms with Crippen molar-refractivity contribution in [2.75, 3.05) is 0 Å². The van der Waals surface area contributed by atoms with E-state index in [1.807, 2.05) is 0 Å². The van der Waals surface area contributed by atoms with Crippen LogP contribution < -0.4 is 0 Å². The van der Waals surface area contributed by atoms with Crippen molar-refractivity contribution in [3.8, 4) is 0 Å². The van der Waals surface area contributed by atoms with Crippen molar-refractivity contribution in [2.24, 2.45) is 0 Å². The van der Waals surface area contributed by atoms with Gasteiger partial charge in [-0.2, -0.15) is 0 Å². The molecule has 0 saturated heterocycles. The molecule has 0 aromatic carbocycles. The molecular weight excluding hydrogens is 96.4 g/mol. The third-order valence-corrected chi connectivity index (χ3v) is 2.27. The number of rotatable bonds is 0. The molecule has 1 rings (SSSR count). The van der Waals surface area contributed by atoms with Crippen molar-refractivity contribution in [3.63, 3.8) is 0 Å². The maximum absolute atomic E-state index is 2.10. The summed E-state index contributed by atoms with van der Waals surface area (Å²) in [7, 11) is 0. The van der Waals surface area contributed by atoms with Crippen molar-refractivity contribution >= 4 is 24.9 Å². The molecule has 0 atom stereocenters. The minimum atomic E-state index is 1.42. The molecule has 7 heavy (non-hydrogen) atoms. The summed E-state index contributed by atoms with van der Waals surface area (Å²) < 4.78 is 1.74. The Hall–Kier alpha value is 0.636. The second-order valence-electron chi connectivity index (χ2n) is 2.31. The Balaban J connectivity index is 2.25. The second kappa shape index (κ2) is 2.83. The standard InChI is InChI=1S/C6H10.Mg/c1-2-4-6-5-3-1;/h1-5H2;. The van der Waals surface area contributed by atoms with Crippen LogP contribution in [0.3, 0.4) is 0 Å². The predicted molar refractivity (Wildman–Crippen MR) is 33.8 cm³/mol. The summed E-state index contributed by atoms with van der Waals surface area (Å²) in [5, 5.41) is 0. The van der Waals surface area contributed by atoms with E-state index in [9.17, 15) is 0 Å². The molecule has 1 fully saturated rings. The number of hydrogen-bond donors (Lipinski definition) is 0. The van der Waals surface area contributed by atoms with Gasteiger partial charge in [-0.25, -0.2) is 0 Å². The summed E-state index contributed by atoms with van der Waals surface area (Å²) in [4.78, 5) is 0. The van der Waals surface area contributed by atoms with E-state index in [-0.39, 0.29) is 0 Å². The van der Waals surface area contributed by atoms with Crippen LogP contribution in [-0.4, -0.2) is 24.9 Å². The molecule has 1 aliphatic carbocycles. The molecule has 0 radical (unpaired) electrons. The van der Waals surface area contributed by atoms with Crippen LogP contribution in [0, 0.1) is 0 Å². The fourth-order valence-electron chi connectivity index (χ4n) is 1.05. The van der Waals surface area contributed by atoms with Crippen LogP contribution in [0.4, 0.5) is 0 Å². The van der Waals surface area contributed by atoms with E-state index in [0.717, 1.165) is 0 Å². The van der Waals surface area contributed by atoms with Crippen LogP contribution in [-0.2, 0) is 0 Å². The summed E-state index contributed by atoms with van der Waals surface area (Å²) in [5.74, 6) is 0. The van der Waals surface area contributed by atoms with Gasteiger partial charge in [-0.3, -0.25) is 0 Å². The molecule has 0 aromatic rings. The summed E-state index contributed by atoms with van der Waals surface area (Å²) in [6.45, 7) is 0. The molecule has 0 bridgehead atoms. The van der Waals surface area contributed by atoms with Crippen molar-refractivity contribution in [1.29, 1.82) is 0 Å². The first-order valence-corrected chi connectivity index (χ1v) is 3.77. The summed E-state index contributed by atoms with van der Waals surface area (Å²) in [6.07, 6.45) is 7.22. The molecule has 1 saturated carbocycles. The van der Waals surface area contributed by atoms with Crippen LogP contribution in [0.25, 0.3) is 0 Å². The first-order chi connectivity index (χ1) is 3.39. The van der Waals surface area contributed by atoms with Crippen LogP contribution in [0.15, 0.2) is 0 Å². The van der Waals surface area contributed by atoms with Crippen molar-refractivity contribution in [2.45, 2.75) is 32.1 Å². The monoisotopic (exact) mass is 106 g/mol. The maximum atomic E-state index is 2.10. The molecule has 0 spiro atoms. The van der Waals surface area contributed by atoms with Crippen LogP contribution in [0.2, 0.25) is 0 Å². The van der Waals surface area contributed by atoms with Crippen LogP contribution in [0.1, 0.15) is 32.1 Å². The van der Waals surface area contributed by atoms with Crippen molar-refractivity contribution < 1.29 is 0 Å². The van der Waals surface area contributed by atoms with Gasteiger partial charge in [0.05, 0.1) is 0 Å². The molecule has 36 valence electrons. The van der Waals surface area contributed by atoms with Gasteiger partial charge < -0.3 is 0 Å². The molecule has 0 N–H and O–H groups in total. The Morgan fingerprint density at radius 2 is 1.57 bits per heavy atom. The summed E-state index contributed by atoms with van der Waals surface area (Å²) in [5.41, 5.74) is 0. The zero-order valence-electron chi connectivity index (χ0n) is 4.74. The summed E-state index contributed by atoms with van der Waals surface area (Å²) >= 11 is 2.10. The van der Waals surface area contributed by atoms with Gasteiger partial charge in [0.15, 0.2) is 0 Å². The molecule has 0 nitrogen and oxygen atoms in total. The normalized spacial score (nSPS) is 22.9. The van der Waals surface area contributed by atoms with Crippen LogP contribution >= 0.6 is 0 Å². The molecule has 0 aliphatic heterocycles. The molecule has 1 aliphatic rings. The Bertz CT molecular complexity index is 68.2. The third kappa shape index (κ3) is 1.91. The minimum absolute atomic E-state index is 1.42. The van der Waals surface area contributed by atoms with Crippen molar-refractivity contribution in [3.05, 3.63) is 0 Å². The van der Waals surface area contributed by atoms with Gasteiger partial charge in [0.25, 0.3) is 0 Å². The van der Waals surface area contributed by atoms with E-state index in [1.54, 1.807) is 3.63 Å². The first kappa shape index (κ1) is 5.77. The molecule has 1 heteroatoms. The van der Waals surface area contributed by atoms with Gasteiger partial charge in [-0.05, 0) is 0 Å². The van der Waals surface area contributed by atoms with Crippen molar-refractivity contribution in [1.82, 2.24) is 0 Å². The van der Waals surface area contributed by atoms with E-state index in [0.29, 0.717) is 0 Å². The number of hydrogen-bond acceptors (Lipinski definition) is 0. The zero-order chi connectivity index (χ0) is 5.11. The zero-order valence-corrected chi connectivity index (χ0v) is 6.16. The Kier molecular flexibility index (Phi) is 2.33. The molecule has 0 unspecified atom stereocenters. The third-order valence-electron chi connectivity index (χ3n) is 1.56. The van der Waals surface area contributed by atoms with Gasteiger partial charge in [0, 0.05) is 0 Å². The van der Waals surface area contributed by atoms with E-state index < -0.39 is 0 Å². The van der Waals surface area contributed by atoms with E-state index in [4.69, 9.17) is 0 Å². The average molecular weight is 106 g/mol. The Labute approximate surface area is 57.2 Å². The summed E-state index contributed by atoms with van der Waals surface area (Å²) in [6, 6.07) is 0. The fourth-order valence-corrected chi connectivity index (χ4v) is 1.55. The van der Waals surface area contributed by atoms with E-state index in [1.165, 1.54) is 32.1 Å². The van der Waals surface area contributed by atoms with Gasteiger partial charge >= 0.3 is 57.0 Å². The molecule has 0 amide bonds. The second-order valence-corrected chi connectivity index (χ2v) is 3.31. The van der Waals surface area contributed by atoms with E-state index >= 15 is 0 Å². The predicted octanol–water partition coefficient (Wildman–Crippen LogP) is 1.29.